The molecule has 4 rings (SSSR count). The van der Waals surface area contributed by atoms with Crippen molar-refractivity contribution < 1.29 is 0 Å². The van der Waals surface area contributed by atoms with E-state index in [1.165, 1.54) is 21.5 Å². The van der Waals surface area contributed by atoms with Crippen LogP contribution in [0.15, 0.2) is 115 Å². The number of hydrogen-bond donors (Lipinski definition) is 0. The fourth-order valence-corrected chi connectivity index (χ4v) is 6.90. The highest BCUT2D eigenvalue weighted by Crippen LogP contribution is 2.54. The molecule has 0 aliphatic carbocycles. The molecule has 0 amide bonds. The van der Waals surface area contributed by atoms with E-state index in [9.17, 15) is 0 Å². The summed E-state index contributed by atoms with van der Waals surface area (Å²) in [4.78, 5) is 0. The summed E-state index contributed by atoms with van der Waals surface area (Å²) in [7, 11) is -2.09. The molecule has 4 aromatic rings. The maximum Gasteiger partial charge on any atom is 0.189 e. The van der Waals surface area contributed by atoms with Gasteiger partial charge >= 0.3 is 0 Å². The number of benzene rings is 4. The minimum Gasteiger partial charge on any atom is -0.0620 e. The zero-order chi connectivity index (χ0) is 19.2. The summed E-state index contributed by atoms with van der Waals surface area (Å²) < 4.78 is 0. The summed E-state index contributed by atoms with van der Waals surface area (Å²) >= 11 is 0. The van der Waals surface area contributed by atoms with Gasteiger partial charge in [-0.2, -0.15) is 0 Å². The normalized spacial score (nSPS) is 10.8. The molecule has 0 radical (unpaired) electrons. The summed E-state index contributed by atoms with van der Waals surface area (Å²) in [5.41, 5.74) is 6.08. The molecule has 0 atom stereocenters. The third kappa shape index (κ3) is 3.63. The topological polar surface area (TPSA) is 0 Å². The average molecular weight is 377 g/mol. The van der Waals surface area contributed by atoms with E-state index >= 15 is 0 Å². The second-order valence-corrected chi connectivity index (χ2v) is 9.90. The molecule has 0 aliphatic rings. The van der Waals surface area contributed by atoms with E-state index in [-0.39, 0.29) is 0 Å². The van der Waals surface area contributed by atoms with Crippen LogP contribution >= 0.6 is 7.26 Å². The second kappa shape index (κ2) is 8.26. The molecule has 0 fully saturated rings. The highest BCUT2D eigenvalue weighted by Gasteiger charge is 2.44. The van der Waals surface area contributed by atoms with Crippen molar-refractivity contribution in [3.8, 4) is 11.6 Å². The Morgan fingerprint density at radius 3 is 1.43 bits per heavy atom. The van der Waals surface area contributed by atoms with Crippen LogP contribution in [0.1, 0.15) is 11.1 Å². The van der Waals surface area contributed by atoms with Gasteiger partial charge in [-0.15, -0.1) is 0 Å². The van der Waals surface area contributed by atoms with Gasteiger partial charge < -0.3 is 0 Å². The van der Waals surface area contributed by atoms with Crippen molar-refractivity contribution >= 4 is 23.2 Å². The molecule has 1 heteroatoms. The summed E-state index contributed by atoms with van der Waals surface area (Å²) in [6.45, 7) is 2.11. The Hall–Kier alpha value is -3.13. The third-order valence-electron chi connectivity index (χ3n) is 4.82. The predicted molar refractivity (Wildman–Crippen MR) is 123 cm³/mol. The van der Waals surface area contributed by atoms with Gasteiger partial charge in [-0.3, -0.25) is 0 Å². The Morgan fingerprint density at radius 1 is 0.536 bits per heavy atom. The van der Waals surface area contributed by atoms with Crippen molar-refractivity contribution in [3.05, 3.63) is 126 Å². The van der Waals surface area contributed by atoms with E-state index in [1.807, 2.05) is 0 Å². The molecular weight excluding hydrogens is 355 g/mol. The van der Waals surface area contributed by atoms with Crippen molar-refractivity contribution in [3.63, 3.8) is 0 Å². The fraction of sp³-hybridized carbons (Fsp3) is 0.0370. The van der Waals surface area contributed by atoms with Crippen molar-refractivity contribution in [1.82, 2.24) is 0 Å². The van der Waals surface area contributed by atoms with Gasteiger partial charge in [-0.1, -0.05) is 66.7 Å². The maximum absolute atomic E-state index is 3.79. The molecule has 4 aromatic carbocycles. The van der Waals surface area contributed by atoms with Gasteiger partial charge in [0.2, 0.25) is 0 Å². The smallest absolute Gasteiger partial charge is 0.0620 e. The third-order valence-corrected chi connectivity index (χ3v) is 8.48. The first-order chi connectivity index (χ1) is 13.8. The lowest BCUT2D eigenvalue weighted by atomic mass is 10.1. The average Bonchev–Trinajstić information content (AvgIpc) is 2.77. The van der Waals surface area contributed by atoms with E-state index in [0.717, 1.165) is 5.56 Å². The van der Waals surface area contributed by atoms with Crippen LogP contribution in [-0.2, 0) is 0 Å². The Bertz CT molecular complexity index is 1010. The molecule has 0 spiro atoms. The summed E-state index contributed by atoms with van der Waals surface area (Å²) in [5, 5.41) is 3.85. The Kier molecular flexibility index (Phi) is 5.38. The molecule has 0 heterocycles. The van der Waals surface area contributed by atoms with Crippen molar-refractivity contribution in [2.45, 2.75) is 6.92 Å². The van der Waals surface area contributed by atoms with Gasteiger partial charge in [0.25, 0.3) is 0 Å². The summed E-state index contributed by atoms with van der Waals surface area (Å²) in [5.74, 6) is 3.52. The Morgan fingerprint density at radius 2 is 1.00 bits per heavy atom. The van der Waals surface area contributed by atoms with Crippen LogP contribution in [0.4, 0.5) is 0 Å². The van der Waals surface area contributed by atoms with E-state index in [2.05, 4.69) is 134 Å². The van der Waals surface area contributed by atoms with E-state index in [1.54, 1.807) is 0 Å². The molecule has 0 nitrogen and oxygen atoms in total. The molecule has 0 N–H and O–H groups in total. The van der Waals surface area contributed by atoms with Crippen LogP contribution in [0.3, 0.4) is 0 Å². The molecule has 28 heavy (non-hydrogen) atoms. The summed E-state index contributed by atoms with van der Waals surface area (Å²) in [6, 6.07) is 40.7. The zero-order valence-electron chi connectivity index (χ0n) is 15.9. The van der Waals surface area contributed by atoms with E-state index in [0.29, 0.717) is 0 Å². The van der Waals surface area contributed by atoms with Gasteiger partial charge in [0.1, 0.15) is 15.9 Å². The quantitative estimate of drug-likeness (QED) is 0.336. The summed E-state index contributed by atoms with van der Waals surface area (Å²) in [6.07, 6.45) is 0. The SMILES string of the molecule is Cc1cccc(C#C[P+](c2ccccc2)(c2ccccc2)c2ccccc2)c1. The van der Waals surface area contributed by atoms with E-state index < -0.39 is 7.26 Å². The molecule has 0 aromatic heterocycles. The van der Waals surface area contributed by atoms with Crippen LogP contribution in [0, 0.1) is 18.5 Å². The van der Waals surface area contributed by atoms with Gasteiger partial charge in [-0.25, -0.2) is 0 Å². The first-order valence-electron chi connectivity index (χ1n) is 9.45. The fourth-order valence-electron chi connectivity index (χ4n) is 3.47. The first kappa shape index (κ1) is 18.2. The lowest BCUT2D eigenvalue weighted by molar-refractivity contribution is 1.46. The molecule has 0 unspecified atom stereocenters. The molecule has 0 saturated heterocycles. The van der Waals surface area contributed by atoms with Gasteiger partial charge in [0.15, 0.2) is 7.26 Å². The highest BCUT2D eigenvalue weighted by atomic mass is 31.2. The second-order valence-electron chi connectivity index (χ2n) is 6.78. The molecule has 134 valence electrons. The Balaban J connectivity index is 2.02. The first-order valence-corrected chi connectivity index (χ1v) is 11.2. The van der Waals surface area contributed by atoms with Gasteiger partial charge in [0.05, 0.1) is 5.66 Å². The number of rotatable bonds is 3. The highest BCUT2D eigenvalue weighted by molar-refractivity contribution is 7.99. The van der Waals surface area contributed by atoms with Gasteiger partial charge in [-0.05, 0) is 66.9 Å². The Labute approximate surface area is 168 Å². The van der Waals surface area contributed by atoms with Crippen molar-refractivity contribution in [1.29, 1.82) is 0 Å². The van der Waals surface area contributed by atoms with Gasteiger partial charge in [0, 0.05) is 5.56 Å². The van der Waals surface area contributed by atoms with Crippen LogP contribution < -0.4 is 15.9 Å². The number of aryl methyl sites for hydroxylation is 1. The maximum atomic E-state index is 3.79. The lowest BCUT2D eigenvalue weighted by Gasteiger charge is -2.21. The van der Waals surface area contributed by atoms with E-state index in [4.69, 9.17) is 0 Å². The van der Waals surface area contributed by atoms with Crippen molar-refractivity contribution in [2.24, 2.45) is 0 Å². The van der Waals surface area contributed by atoms with Crippen molar-refractivity contribution in [2.75, 3.05) is 0 Å². The largest absolute Gasteiger partial charge is 0.189 e. The van der Waals surface area contributed by atoms with Crippen LogP contribution in [0.2, 0.25) is 0 Å². The lowest BCUT2D eigenvalue weighted by Crippen LogP contribution is -2.29. The van der Waals surface area contributed by atoms with Crippen LogP contribution in [0.25, 0.3) is 0 Å². The molecular formula is C27H22P+. The molecule has 0 bridgehead atoms. The van der Waals surface area contributed by atoms with Crippen LogP contribution in [0.5, 0.6) is 0 Å². The monoisotopic (exact) mass is 377 g/mol. The molecule has 0 saturated carbocycles. The minimum atomic E-state index is -2.09. The minimum absolute atomic E-state index is 1.06. The predicted octanol–water partition coefficient (Wildman–Crippen LogP) is 5.30. The molecule has 0 aliphatic heterocycles. The number of hydrogen-bond acceptors (Lipinski definition) is 0. The van der Waals surface area contributed by atoms with Crippen LogP contribution in [-0.4, -0.2) is 0 Å². The standard InChI is InChI=1S/C27H22P/c1-23-12-11-13-24(22-23)20-21-28(25-14-5-2-6-15-25,26-16-7-3-8-17-26)27-18-9-4-10-19-27/h2-19,22H,1H3/q+1. The zero-order valence-corrected chi connectivity index (χ0v) is 16.8.